The van der Waals surface area contributed by atoms with Crippen molar-refractivity contribution < 1.29 is 13.9 Å². The van der Waals surface area contributed by atoms with Crippen molar-refractivity contribution in [2.75, 3.05) is 6.61 Å². The van der Waals surface area contributed by atoms with E-state index in [1.165, 1.54) is 11.3 Å². The second-order valence-electron chi connectivity index (χ2n) is 3.89. The molecule has 4 nitrogen and oxygen atoms in total. The number of aromatic nitrogens is 1. The predicted molar refractivity (Wildman–Crippen MR) is 69.7 cm³/mol. The molecule has 96 valence electrons. The van der Waals surface area contributed by atoms with Gasteiger partial charge in [0.1, 0.15) is 0 Å². The van der Waals surface area contributed by atoms with Crippen molar-refractivity contribution in [1.82, 2.24) is 4.98 Å². The predicted octanol–water partition coefficient (Wildman–Crippen LogP) is 3.67. The molecule has 2 aromatic heterocycles. The number of esters is 1. The zero-order valence-electron chi connectivity index (χ0n) is 10.4. The van der Waals surface area contributed by atoms with Gasteiger partial charge in [-0.1, -0.05) is 13.3 Å². The van der Waals surface area contributed by atoms with Crippen molar-refractivity contribution >= 4 is 17.3 Å². The topological polar surface area (TPSA) is 52.3 Å². The SMILES string of the molecule is CCCCOC(=O)c1nc(-c2ccco2)sc1C. The van der Waals surface area contributed by atoms with Gasteiger partial charge in [0.2, 0.25) is 0 Å². The number of hydrogen-bond donors (Lipinski definition) is 0. The molecule has 18 heavy (non-hydrogen) atoms. The first-order chi connectivity index (χ1) is 8.72. The number of thiazole rings is 1. The zero-order chi connectivity index (χ0) is 13.0. The van der Waals surface area contributed by atoms with Gasteiger partial charge < -0.3 is 9.15 Å². The summed E-state index contributed by atoms with van der Waals surface area (Å²) in [5.74, 6) is 0.325. The van der Waals surface area contributed by atoms with Gasteiger partial charge in [-0.15, -0.1) is 11.3 Å². The minimum atomic E-state index is -0.352. The highest BCUT2D eigenvalue weighted by Crippen LogP contribution is 2.28. The van der Waals surface area contributed by atoms with Gasteiger partial charge in [-0.25, -0.2) is 9.78 Å². The van der Waals surface area contributed by atoms with Gasteiger partial charge in [-0.2, -0.15) is 0 Å². The number of carbonyl (C=O) groups excluding carboxylic acids is 1. The molecule has 0 radical (unpaired) electrons. The summed E-state index contributed by atoms with van der Waals surface area (Å²) in [6, 6.07) is 3.62. The van der Waals surface area contributed by atoms with Crippen molar-refractivity contribution in [2.24, 2.45) is 0 Å². The van der Waals surface area contributed by atoms with E-state index in [0.29, 0.717) is 23.1 Å². The molecule has 0 bridgehead atoms. The van der Waals surface area contributed by atoms with Crippen LogP contribution in [0.3, 0.4) is 0 Å². The molecule has 0 atom stereocenters. The van der Waals surface area contributed by atoms with Gasteiger partial charge in [-0.3, -0.25) is 0 Å². The molecule has 2 rings (SSSR count). The molecule has 2 heterocycles. The van der Waals surface area contributed by atoms with Gasteiger partial charge in [-0.05, 0) is 25.5 Å². The highest BCUT2D eigenvalue weighted by Gasteiger charge is 2.18. The number of furan rings is 1. The molecular weight excluding hydrogens is 250 g/mol. The molecule has 0 fully saturated rings. The first kappa shape index (κ1) is 12.8. The largest absolute Gasteiger partial charge is 0.462 e. The van der Waals surface area contributed by atoms with Crippen molar-refractivity contribution in [3.63, 3.8) is 0 Å². The molecule has 0 spiro atoms. The second kappa shape index (κ2) is 5.82. The number of carbonyl (C=O) groups is 1. The molecule has 5 heteroatoms. The molecule has 0 amide bonds. The first-order valence-electron chi connectivity index (χ1n) is 5.90. The second-order valence-corrected chi connectivity index (χ2v) is 5.09. The van der Waals surface area contributed by atoms with Crippen molar-refractivity contribution in [3.8, 4) is 10.8 Å². The summed E-state index contributed by atoms with van der Waals surface area (Å²) in [5, 5.41) is 0.708. The minimum Gasteiger partial charge on any atom is -0.462 e. The van der Waals surface area contributed by atoms with Gasteiger partial charge in [0.25, 0.3) is 0 Å². The van der Waals surface area contributed by atoms with Gasteiger partial charge in [0.15, 0.2) is 16.5 Å². The Morgan fingerprint density at radius 2 is 2.39 bits per heavy atom. The van der Waals surface area contributed by atoms with Crippen LogP contribution in [0.4, 0.5) is 0 Å². The number of rotatable bonds is 5. The van der Waals surface area contributed by atoms with E-state index in [2.05, 4.69) is 11.9 Å². The lowest BCUT2D eigenvalue weighted by Crippen LogP contribution is -2.08. The molecule has 0 saturated carbocycles. The lowest BCUT2D eigenvalue weighted by molar-refractivity contribution is 0.0493. The van der Waals surface area contributed by atoms with Crippen LogP contribution in [0.1, 0.15) is 35.1 Å². The summed E-state index contributed by atoms with van der Waals surface area (Å²) < 4.78 is 10.4. The summed E-state index contributed by atoms with van der Waals surface area (Å²) >= 11 is 1.43. The van der Waals surface area contributed by atoms with E-state index in [0.717, 1.165) is 17.7 Å². The first-order valence-corrected chi connectivity index (χ1v) is 6.72. The molecular formula is C13H15NO3S. The highest BCUT2D eigenvalue weighted by atomic mass is 32.1. The van der Waals surface area contributed by atoms with Crippen molar-refractivity contribution in [3.05, 3.63) is 29.0 Å². The Morgan fingerprint density at radius 1 is 1.56 bits per heavy atom. The van der Waals surface area contributed by atoms with E-state index in [9.17, 15) is 4.79 Å². The van der Waals surface area contributed by atoms with E-state index in [-0.39, 0.29) is 5.97 Å². The maximum Gasteiger partial charge on any atom is 0.358 e. The van der Waals surface area contributed by atoms with Gasteiger partial charge in [0, 0.05) is 4.88 Å². The number of unbranched alkanes of at least 4 members (excludes halogenated alkanes) is 1. The van der Waals surface area contributed by atoms with E-state index in [1.54, 1.807) is 12.3 Å². The molecule has 0 unspecified atom stereocenters. The van der Waals surface area contributed by atoms with Crippen LogP contribution < -0.4 is 0 Å². The monoisotopic (exact) mass is 265 g/mol. The lowest BCUT2D eigenvalue weighted by Gasteiger charge is -2.01. The van der Waals surface area contributed by atoms with Crippen LogP contribution in [0.15, 0.2) is 22.8 Å². The lowest BCUT2D eigenvalue weighted by atomic mass is 10.3. The Morgan fingerprint density at radius 3 is 3.06 bits per heavy atom. The number of hydrogen-bond acceptors (Lipinski definition) is 5. The van der Waals surface area contributed by atoms with Crippen molar-refractivity contribution in [2.45, 2.75) is 26.7 Å². The van der Waals surface area contributed by atoms with E-state index >= 15 is 0 Å². The number of ether oxygens (including phenoxy) is 1. The third-order valence-electron chi connectivity index (χ3n) is 2.45. The Kier molecular flexibility index (Phi) is 4.15. The molecule has 0 aliphatic heterocycles. The fourth-order valence-electron chi connectivity index (χ4n) is 1.47. The molecule has 2 aromatic rings. The molecule has 0 aliphatic rings. The molecule has 0 aromatic carbocycles. The Balaban J connectivity index is 2.12. The zero-order valence-corrected chi connectivity index (χ0v) is 11.3. The van der Waals surface area contributed by atoms with E-state index < -0.39 is 0 Å². The standard InChI is InChI=1S/C13H15NO3S/c1-3-4-7-17-13(15)11-9(2)18-12(14-11)10-6-5-8-16-10/h5-6,8H,3-4,7H2,1-2H3. The fourth-order valence-corrected chi connectivity index (χ4v) is 2.34. The molecule has 0 saturated heterocycles. The fraction of sp³-hybridized carbons (Fsp3) is 0.385. The van der Waals surface area contributed by atoms with Crippen LogP contribution in [0.25, 0.3) is 10.8 Å². The van der Waals surface area contributed by atoms with E-state index in [1.807, 2.05) is 13.0 Å². The Hall–Kier alpha value is -1.62. The summed E-state index contributed by atoms with van der Waals surface area (Å²) in [6.45, 7) is 4.36. The Bertz CT molecular complexity index is 516. The van der Waals surface area contributed by atoms with Crippen LogP contribution in [-0.4, -0.2) is 17.6 Å². The average molecular weight is 265 g/mol. The smallest absolute Gasteiger partial charge is 0.358 e. The van der Waals surface area contributed by atoms with Crippen LogP contribution in [-0.2, 0) is 4.74 Å². The molecule has 0 aliphatic carbocycles. The number of nitrogens with zero attached hydrogens (tertiary/aromatic N) is 1. The maximum atomic E-state index is 11.8. The van der Waals surface area contributed by atoms with Crippen LogP contribution in [0, 0.1) is 6.92 Å². The van der Waals surface area contributed by atoms with Crippen LogP contribution in [0.2, 0.25) is 0 Å². The molecule has 0 N–H and O–H groups in total. The van der Waals surface area contributed by atoms with Crippen LogP contribution in [0.5, 0.6) is 0 Å². The highest BCUT2D eigenvalue weighted by molar-refractivity contribution is 7.15. The normalized spacial score (nSPS) is 10.6. The summed E-state index contributed by atoms with van der Waals surface area (Å²) in [5.41, 5.74) is 0.391. The van der Waals surface area contributed by atoms with Crippen molar-refractivity contribution in [1.29, 1.82) is 0 Å². The van der Waals surface area contributed by atoms with Crippen LogP contribution >= 0.6 is 11.3 Å². The number of aryl methyl sites for hydroxylation is 1. The summed E-state index contributed by atoms with van der Waals surface area (Å²) in [6.07, 6.45) is 3.46. The third-order valence-corrected chi connectivity index (χ3v) is 3.44. The van der Waals surface area contributed by atoms with Gasteiger partial charge >= 0.3 is 5.97 Å². The summed E-state index contributed by atoms with van der Waals surface area (Å²) in [4.78, 5) is 16.9. The van der Waals surface area contributed by atoms with E-state index in [4.69, 9.17) is 9.15 Å². The average Bonchev–Trinajstić information content (AvgIpc) is 2.97. The maximum absolute atomic E-state index is 11.8. The van der Waals surface area contributed by atoms with Gasteiger partial charge in [0.05, 0.1) is 12.9 Å². The minimum absolute atomic E-state index is 0.352. The quantitative estimate of drug-likeness (QED) is 0.611. The Labute approximate surface area is 110 Å². The third kappa shape index (κ3) is 2.79. The summed E-state index contributed by atoms with van der Waals surface area (Å²) in [7, 11) is 0.